The molecule has 0 aromatic heterocycles. The highest BCUT2D eigenvalue weighted by Crippen LogP contribution is 2.15. The minimum absolute atomic E-state index is 0.229. The van der Waals surface area contributed by atoms with Crippen molar-refractivity contribution in [3.63, 3.8) is 0 Å². The zero-order valence-corrected chi connectivity index (χ0v) is 14.3. The molecule has 24 heavy (non-hydrogen) atoms. The van der Waals surface area contributed by atoms with Crippen LogP contribution in [-0.4, -0.2) is 49.9 Å². The molecule has 0 saturated carbocycles. The van der Waals surface area contributed by atoms with Crippen molar-refractivity contribution in [3.8, 4) is 0 Å². The Hall–Kier alpha value is -2.19. The molecular weight excluding hydrogens is 330 g/mol. The standard InChI is InChI=1S/C16H21N3O4S/c1-3-15(20)17-13-7-4-6-12(10-13)16(21)18-14-8-5-9-19(11-14)24(2,22)23/h3-4,6-7,10,14H,1,5,8-9,11H2,2H3,(H,17,20)(H,18,21). The molecule has 1 unspecified atom stereocenters. The van der Waals surface area contributed by atoms with E-state index in [-0.39, 0.29) is 24.4 Å². The van der Waals surface area contributed by atoms with E-state index in [1.165, 1.54) is 10.6 Å². The number of nitrogens with one attached hydrogen (secondary N) is 2. The summed E-state index contributed by atoms with van der Waals surface area (Å²) >= 11 is 0. The maximum atomic E-state index is 12.4. The first-order valence-electron chi connectivity index (χ1n) is 7.59. The lowest BCUT2D eigenvalue weighted by Gasteiger charge is -2.31. The van der Waals surface area contributed by atoms with Gasteiger partial charge in [0.25, 0.3) is 5.91 Å². The summed E-state index contributed by atoms with van der Waals surface area (Å²) in [6.45, 7) is 4.13. The van der Waals surface area contributed by atoms with Gasteiger partial charge in [0.15, 0.2) is 0 Å². The van der Waals surface area contributed by atoms with Gasteiger partial charge in [0, 0.05) is 30.4 Å². The van der Waals surface area contributed by atoms with Crippen LogP contribution in [0.25, 0.3) is 0 Å². The number of benzene rings is 1. The number of piperidine rings is 1. The van der Waals surface area contributed by atoms with E-state index < -0.39 is 10.0 Å². The van der Waals surface area contributed by atoms with Crippen LogP contribution in [0.2, 0.25) is 0 Å². The lowest BCUT2D eigenvalue weighted by molar-refractivity contribution is -0.111. The molecule has 2 rings (SSSR count). The van der Waals surface area contributed by atoms with E-state index >= 15 is 0 Å². The molecule has 8 heteroatoms. The number of carbonyl (C=O) groups excluding carboxylic acids is 2. The van der Waals surface area contributed by atoms with Gasteiger partial charge in [-0.15, -0.1) is 0 Å². The third-order valence-electron chi connectivity index (χ3n) is 3.77. The molecule has 2 amide bonds. The van der Waals surface area contributed by atoms with Crippen LogP contribution in [0.4, 0.5) is 5.69 Å². The molecule has 1 aromatic rings. The van der Waals surface area contributed by atoms with Crippen molar-refractivity contribution in [1.29, 1.82) is 0 Å². The maximum absolute atomic E-state index is 12.4. The number of sulfonamides is 1. The van der Waals surface area contributed by atoms with E-state index in [0.29, 0.717) is 24.2 Å². The molecule has 1 atom stereocenters. The van der Waals surface area contributed by atoms with Gasteiger partial charge in [0.1, 0.15) is 0 Å². The van der Waals surface area contributed by atoms with Gasteiger partial charge in [0.2, 0.25) is 15.9 Å². The van der Waals surface area contributed by atoms with E-state index in [1.54, 1.807) is 24.3 Å². The second kappa shape index (κ2) is 7.59. The quantitative estimate of drug-likeness (QED) is 0.773. The van der Waals surface area contributed by atoms with Crippen molar-refractivity contribution in [2.45, 2.75) is 18.9 Å². The minimum atomic E-state index is -3.26. The summed E-state index contributed by atoms with van der Waals surface area (Å²) < 4.78 is 24.6. The van der Waals surface area contributed by atoms with Crippen LogP contribution >= 0.6 is 0 Å². The summed E-state index contributed by atoms with van der Waals surface area (Å²) in [4.78, 5) is 23.7. The normalized spacial score (nSPS) is 18.6. The molecular formula is C16H21N3O4S. The van der Waals surface area contributed by atoms with Gasteiger partial charge in [0.05, 0.1) is 6.26 Å². The van der Waals surface area contributed by atoms with Crippen LogP contribution in [0.5, 0.6) is 0 Å². The Morgan fingerprint density at radius 2 is 2.12 bits per heavy atom. The fraction of sp³-hybridized carbons (Fsp3) is 0.375. The Morgan fingerprint density at radius 1 is 1.38 bits per heavy atom. The van der Waals surface area contributed by atoms with E-state index in [0.717, 1.165) is 12.5 Å². The Morgan fingerprint density at radius 3 is 2.79 bits per heavy atom. The fourth-order valence-corrected chi connectivity index (χ4v) is 3.47. The molecule has 2 N–H and O–H groups in total. The number of anilines is 1. The molecule has 0 bridgehead atoms. The molecule has 0 radical (unpaired) electrons. The number of rotatable bonds is 5. The van der Waals surface area contributed by atoms with Gasteiger partial charge < -0.3 is 10.6 Å². The van der Waals surface area contributed by atoms with Gasteiger partial charge in [-0.1, -0.05) is 12.6 Å². The van der Waals surface area contributed by atoms with Gasteiger partial charge in [-0.3, -0.25) is 9.59 Å². The van der Waals surface area contributed by atoms with E-state index in [2.05, 4.69) is 17.2 Å². The first kappa shape index (κ1) is 18.2. The SMILES string of the molecule is C=CC(=O)Nc1cccc(C(=O)NC2CCCN(S(C)(=O)=O)C2)c1. The summed E-state index contributed by atoms with van der Waals surface area (Å²) in [6, 6.07) is 6.30. The minimum Gasteiger partial charge on any atom is -0.348 e. The molecule has 1 aliphatic heterocycles. The smallest absolute Gasteiger partial charge is 0.251 e. The summed E-state index contributed by atoms with van der Waals surface area (Å²) in [6.07, 6.45) is 3.75. The monoisotopic (exact) mass is 351 g/mol. The van der Waals surface area contributed by atoms with Gasteiger partial charge in [-0.25, -0.2) is 12.7 Å². The molecule has 0 spiro atoms. The summed E-state index contributed by atoms with van der Waals surface area (Å²) in [7, 11) is -3.26. The van der Waals surface area contributed by atoms with Crippen molar-refractivity contribution >= 4 is 27.5 Å². The summed E-state index contributed by atoms with van der Waals surface area (Å²) in [5.74, 6) is -0.659. The van der Waals surface area contributed by atoms with Crippen LogP contribution in [0, 0.1) is 0 Å². The Labute approximate surface area is 141 Å². The second-order valence-electron chi connectivity index (χ2n) is 5.71. The van der Waals surface area contributed by atoms with Crippen molar-refractivity contribution < 1.29 is 18.0 Å². The molecule has 1 aromatic carbocycles. The first-order valence-corrected chi connectivity index (χ1v) is 9.44. The average molecular weight is 351 g/mol. The number of hydrogen-bond acceptors (Lipinski definition) is 4. The first-order chi connectivity index (χ1) is 11.3. The number of amides is 2. The van der Waals surface area contributed by atoms with E-state index in [9.17, 15) is 18.0 Å². The zero-order valence-electron chi connectivity index (χ0n) is 13.5. The maximum Gasteiger partial charge on any atom is 0.251 e. The average Bonchev–Trinajstić information content (AvgIpc) is 2.54. The van der Waals surface area contributed by atoms with Crippen molar-refractivity contribution in [2.24, 2.45) is 0 Å². The van der Waals surface area contributed by atoms with Crippen LogP contribution < -0.4 is 10.6 Å². The summed E-state index contributed by atoms with van der Waals surface area (Å²) in [5, 5.41) is 5.45. The molecule has 1 saturated heterocycles. The van der Waals surface area contributed by atoms with E-state index in [4.69, 9.17) is 0 Å². The highest BCUT2D eigenvalue weighted by atomic mass is 32.2. The van der Waals surface area contributed by atoms with Crippen molar-refractivity contribution in [3.05, 3.63) is 42.5 Å². The van der Waals surface area contributed by atoms with Gasteiger partial charge >= 0.3 is 0 Å². The molecule has 130 valence electrons. The van der Waals surface area contributed by atoms with E-state index in [1.807, 2.05) is 0 Å². The second-order valence-corrected chi connectivity index (χ2v) is 7.69. The Bertz CT molecular complexity index is 745. The zero-order chi connectivity index (χ0) is 17.7. The molecule has 0 aliphatic carbocycles. The largest absolute Gasteiger partial charge is 0.348 e. The van der Waals surface area contributed by atoms with Crippen molar-refractivity contribution in [2.75, 3.05) is 24.7 Å². The fourth-order valence-electron chi connectivity index (χ4n) is 2.56. The molecule has 1 heterocycles. The number of hydrogen-bond donors (Lipinski definition) is 2. The predicted molar refractivity (Wildman–Crippen MR) is 92.2 cm³/mol. The number of nitrogens with zero attached hydrogens (tertiary/aromatic N) is 1. The van der Waals surface area contributed by atoms with Crippen LogP contribution in [0.3, 0.4) is 0 Å². The van der Waals surface area contributed by atoms with Gasteiger partial charge in [-0.05, 0) is 37.1 Å². The third-order valence-corrected chi connectivity index (χ3v) is 5.04. The highest BCUT2D eigenvalue weighted by molar-refractivity contribution is 7.88. The van der Waals surface area contributed by atoms with Crippen molar-refractivity contribution in [1.82, 2.24) is 9.62 Å². The third kappa shape index (κ3) is 4.90. The number of carbonyl (C=O) groups is 2. The van der Waals surface area contributed by atoms with Gasteiger partial charge in [-0.2, -0.15) is 0 Å². The predicted octanol–water partition coefficient (Wildman–Crippen LogP) is 0.965. The lowest BCUT2D eigenvalue weighted by Crippen LogP contribution is -2.49. The lowest BCUT2D eigenvalue weighted by atomic mass is 10.1. The molecule has 1 aliphatic rings. The highest BCUT2D eigenvalue weighted by Gasteiger charge is 2.27. The molecule has 7 nitrogen and oxygen atoms in total. The topological polar surface area (TPSA) is 95.6 Å². The van der Waals surface area contributed by atoms with Crippen LogP contribution in [-0.2, 0) is 14.8 Å². The van der Waals surface area contributed by atoms with Crippen LogP contribution in [0.15, 0.2) is 36.9 Å². The van der Waals surface area contributed by atoms with Crippen LogP contribution in [0.1, 0.15) is 23.2 Å². The Kier molecular flexibility index (Phi) is 5.74. The molecule has 1 fully saturated rings. The summed E-state index contributed by atoms with van der Waals surface area (Å²) in [5.41, 5.74) is 0.891. The Balaban J connectivity index is 2.03.